The molecule has 0 radical (unpaired) electrons. The number of imidazole rings is 1. The average molecular weight is 509 g/mol. The van der Waals surface area contributed by atoms with Gasteiger partial charge in [0, 0.05) is 24.2 Å². The molecule has 0 aliphatic carbocycles. The van der Waals surface area contributed by atoms with E-state index in [1.165, 1.54) is 19.5 Å². The second kappa shape index (κ2) is 10.2. The van der Waals surface area contributed by atoms with Crippen molar-refractivity contribution < 1.29 is 27.4 Å². The molecule has 0 aliphatic heterocycles. The maximum absolute atomic E-state index is 12.8. The zero-order valence-electron chi connectivity index (χ0n) is 20.2. The Kier molecular flexibility index (Phi) is 7.50. The normalized spacial score (nSPS) is 12.7. The molecule has 0 aromatic carbocycles. The van der Waals surface area contributed by atoms with Crippen molar-refractivity contribution in [2.75, 3.05) is 24.7 Å². The van der Waals surface area contributed by atoms with Gasteiger partial charge in [-0.1, -0.05) is 20.8 Å². The number of rotatable bonds is 7. The first-order valence-electron chi connectivity index (χ1n) is 10.7. The quantitative estimate of drug-likeness (QED) is 0.371. The van der Waals surface area contributed by atoms with Crippen LogP contribution >= 0.6 is 0 Å². The van der Waals surface area contributed by atoms with E-state index < -0.39 is 29.6 Å². The van der Waals surface area contributed by atoms with E-state index >= 15 is 0 Å². The van der Waals surface area contributed by atoms with Crippen molar-refractivity contribution in [3.63, 3.8) is 0 Å². The van der Waals surface area contributed by atoms with E-state index in [4.69, 9.17) is 5.73 Å². The first kappa shape index (κ1) is 26.4. The Bertz CT molecular complexity index is 1230. The maximum atomic E-state index is 12.8. The summed E-state index contributed by atoms with van der Waals surface area (Å²) in [5.41, 5.74) is 6.04. The van der Waals surface area contributed by atoms with Crippen LogP contribution in [0.2, 0.25) is 0 Å². The number of amides is 1. The number of halogens is 3. The van der Waals surface area contributed by atoms with Crippen molar-refractivity contribution in [3.05, 3.63) is 24.3 Å². The van der Waals surface area contributed by atoms with E-state index in [0.29, 0.717) is 23.8 Å². The van der Waals surface area contributed by atoms with E-state index in [0.717, 1.165) is 0 Å². The van der Waals surface area contributed by atoms with Gasteiger partial charge in [-0.3, -0.25) is 0 Å². The molecule has 36 heavy (non-hydrogen) atoms. The van der Waals surface area contributed by atoms with Gasteiger partial charge < -0.3 is 30.8 Å². The van der Waals surface area contributed by atoms with Crippen molar-refractivity contribution in [1.82, 2.24) is 35.2 Å². The Morgan fingerprint density at radius 3 is 2.53 bits per heavy atom. The van der Waals surface area contributed by atoms with Crippen LogP contribution in [0, 0.1) is 0 Å². The van der Waals surface area contributed by atoms with Crippen LogP contribution in [-0.4, -0.2) is 62.1 Å². The summed E-state index contributed by atoms with van der Waals surface area (Å²) >= 11 is 0. The van der Waals surface area contributed by atoms with Gasteiger partial charge in [-0.25, -0.2) is 29.7 Å². The lowest BCUT2D eigenvalue weighted by atomic mass is 9.96. The summed E-state index contributed by atoms with van der Waals surface area (Å²) in [7, 11) is 1.26. The lowest BCUT2D eigenvalue weighted by molar-refractivity contribution is -0.275. The van der Waals surface area contributed by atoms with Crippen molar-refractivity contribution in [2.24, 2.45) is 0 Å². The molecule has 0 unspecified atom stereocenters. The van der Waals surface area contributed by atoms with Gasteiger partial charge in [-0.15, -0.1) is 13.2 Å². The van der Waals surface area contributed by atoms with Crippen molar-refractivity contribution in [3.8, 4) is 28.7 Å². The van der Waals surface area contributed by atoms with Crippen LogP contribution in [0.15, 0.2) is 18.5 Å². The minimum Gasteiger partial charge on any atom is -0.453 e. The number of alkyl halides is 3. The zero-order chi connectivity index (χ0) is 26.7. The van der Waals surface area contributed by atoms with Gasteiger partial charge in [0.1, 0.15) is 17.2 Å². The van der Waals surface area contributed by atoms with Crippen molar-refractivity contribution in [1.29, 1.82) is 0 Å². The zero-order valence-corrected chi connectivity index (χ0v) is 20.2. The number of hydrogen-bond acceptors (Lipinski definition) is 10. The number of methoxy groups -OCH3 is 1. The molecule has 194 valence electrons. The molecule has 0 fully saturated rings. The Morgan fingerprint density at radius 2 is 1.89 bits per heavy atom. The molecule has 0 aliphatic rings. The summed E-state index contributed by atoms with van der Waals surface area (Å²) in [6, 6.07) is 1.31. The average Bonchev–Trinajstić information content (AvgIpc) is 3.24. The topological polar surface area (TPSA) is 166 Å². The van der Waals surface area contributed by atoms with Gasteiger partial charge in [0.05, 0.1) is 24.7 Å². The maximum Gasteiger partial charge on any atom is 0.574 e. The van der Waals surface area contributed by atoms with E-state index in [2.05, 4.69) is 50.0 Å². The third kappa shape index (κ3) is 6.70. The van der Waals surface area contributed by atoms with Gasteiger partial charge in [-0.05, 0) is 13.0 Å². The van der Waals surface area contributed by atoms with E-state index in [1.807, 2.05) is 20.8 Å². The standard InChI is InChI=1S/C21H26F3N9O3/c1-10(29-19(34)35-5)8-28-18-26-7-6-11(31-18)13-14(33-17(32-13)20(2,3)4)12-9-27-15(25)16(30-12)36-21(22,23)24/h6-7,9-10H,8H2,1-5H3,(H2,25,27)(H,29,34)(H,32,33)(H,26,28,31)/t10-/m0/s1. The number of ether oxygens (including phenoxy) is 2. The van der Waals surface area contributed by atoms with Crippen molar-refractivity contribution in [2.45, 2.75) is 45.5 Å². The number of aromatic amines is 1. The predicted molar refractivity (Wildman–Crippen MR) is 124 cm³/mol. The summed E-state index contributed by atoms with van der Waals surface area (Å²) in [6.07, 6.45) is -2.88. The third-order valence-corrected chi connectivity index (χ3v) is 4.66. The Hall–Kier alpha value is -4.17. The molecule has 15 heteroatoms. The first-order valence-corrected chi connectivity index (χ1v) is 10.7. The number of carbonyl (C=O) groups is 1. The molecule has 3 rings (SSSR count). The molecular weight excluding hydrogens is 483 g/mol. The fourth-order valence-electron chi connectivity index (χ4n) is 2.92. The highest BCUT2D eigenvalue weighted by molar-refractivity contribution is 5.75. The number of nitrogens with one attached hydrogen (secondary N) is 3. The lowest BCUT2D eigenvalue weighted by Gasteiger charge is -2.14. The molecule has 1 amide bonds. The number of nitrogens with two attached hydrogens (primary N) is 1. The summed E-state index contributed by atoms with van der Waals surface area (Å²) in [4.78, 5) is 35.4. The summed E-state index contributed by atoms with van der Waals surface area (Å²) < 4.78 is 46.9. The van der Waals surface area contributed by atoms with Crippen LogP contribution in [0.3, 0.4) is 0 Å². The number of anilines is 2. The summed E-state index contributed by atoms with van der Waals surface area (Å²) in [5.74, 6) is -0.627. The van der Waals surface area contributed by atoms with Gasteiger partial charge in [-0.2, -0.15) is 0 Å². The molecule has 3 aromatic rings. The summed E-state index contributed by atoms with van der Waals surface area (Å²) in [5, 5.41) is 5.62. The molecule has 1 atom stereocenters. The molecule has 12 nitrogen and oxygen atoms in total. The molecule has 3 aromatic heterocycles. The predicted octanol–water partition coefficient (Wildman–Crippen LogP) is 3.26. The molecule has 0 saturated heterocycles. The van der Waals surface area contributed by atoms with Gasteiger partial charge >= 0.3 is 12.5 Å². The van der Waals surface area contributed by atoms with Crippen LogP contribution in [0.4, 0.5) is 29.7 Å². The third-order valence-electron chi connectivity index (χ3n) is 4.66. The second-order valence-corrected chi connectivity index (χ2v) is 8.74. The Morgan fingerprint density at radius 1 is 1.17 bits per heavy atom. The van der Waals surface area contributed by atoms with Gasteiger partial charge in [0.2, 0.25) is 5.95 Å². The fraction of sp³-hybridized carbons (Fsp3) is 0.429. The van der Waals surface area contributed by atoms with Gasteiger partial charge in [0.15, 0.2) is 5.82 Å². The molecule has 0 bridgehead atoms. The number of H-pyrrole nitrogens is 1. The molecule has 0 saturated carbocycles. The van der Waals surface area contributed by atoms with Crippen LogP contribution in [-0.2, 0) is 10.2 Å². The molecule has 3 heterocycles. The van der Waals surface area contributed by atoms with Crippen LogP contribution in [0.25, 0.3) is 22.8 Å². The number of alkyl carbamates (subject to hydrolysis) is 1. The first-order chi connectivity index (χ1) is 16.8. The van der Waals surface area contributed by atoms with Crippen LogP contribution in [0.5, 0.6) is 5.88 Å². The second-order valence-electron chi connectivity index (χ2n) is 8.74. The van der Waals surface area contributed by atoms with E-state index in [1.54, 1.807) is 13.0 Å². The van der Waals surface area contributed by atoms with Gasteiger partial charge in [0.25, 0.3) is 5.88 Å². The smallest absolute Gasteiger partial charge is 0.453 e. The Labute approximate surface area is 204 Å². The number of carbonyl (C=O) groups excluding carboxylic acids is 1. The number of nitrogen functional groups attached to an aromatic ring is 1. The van der Waals surface area contributed by atoms with Crippen LogP contribution in [0.1, 0.15) is 33.5 Å². The number of nitrogens with zero attached hydrogens (tertiary/aromatic N) is 5. The van der Waals surface area contributed by atoms with Crippen LogP contribution < -0.4 is 21.1 Å². The minimum absolute atomic E-state index is 0.00535. The highest BCUT2D eigenvalue weighted by Gasteiger charge is 2.34. The molecular formula is C21H26F3N9O3. The number of hydrogen-bond donors (Lipinski definition) is 4. The highest BCUT2D eigenvalue weighted by Crippen LogP contribution is 2.34. The molecule has 0 spiro atoms. The summed E-state index contributed by atoms with van der Waals surface area (Å²) in [6.45, 7) is 7.79. The fourth-order valence-corrected chi connectivity index (χ4v) is 2.92. The van der Waals surface area contributed by atoms with E-state index in [-0.39, 0.29) is 23.4 Å². The Balaban J connectivity index is 1.99. The SMILES string of the molecule is COC(=O)N[C@@H](C)CNc1nccc(-c2[nH]c(C(C)(C)C)nc2-c2cnc(N)c(OC(F)(F)F)n2)n1. The molecule has 5 N–H and O–H groups in total. The monoisotopic (exact) mass is 509 g/mol. The van der Waals surface area contributed by atoms with Crippen molar-refractivity contribution >= 4 is 17.9 Å². The minimum atomic E-state index is -5.00. The van der Waals surface area contributed by atoms with E-state index in [9.17, 15) is 18.0 Å². The largest absolute Gasteiger partial charge is 0.574 e. The highest BCUT2D eigenvalue weighted by atomic mass is 19.4. The number of aromatic nitrogens is 6. The lowest BCUT2D eigenvalue weighted by Crippen LogP contribution is -2.37.